The molecule has 2 saturated carbocycles. The third-order valence-corrected chi connectivity index (χ3v) is 7.65. The number of rotatable bonds is 6. The number of hydrogen-bond donors (Lipinski definition) is 2. The van der Waals surface area contributed by atoms with Gasteiger partial charge >= 0.3 is 5.97 Å². The van der Waals surface area contributed by atoms with Gasteiger partial charge in [0.15, 0.2) is 0 Å². The summed E-state index contributed by atoms with van der Waals surface area (Å²) < 4.78 is 5.45. The summed E-state index contributed by atoms with van der Waals surface area (Å²) in [6.07, 6.45) is 3.31. The Balaban J connectivity index is 1.67. The van der Waals surface area contributed by atoms with Gasteiger partial charge in [-0.05, 0) is 61.5 Å². The van der Waals surface area contributed by atoms with Gasteiger partial charge in [-0.3, -0.25) is 10.1 Å². The lowest BCUT2D eigenvalue weighted by molar-refractivity contribution is -0.384. The smallest absolute Gasteiger partial charge is 0.338 e. The van der Waals surface area contributed by atoms with Crippen LogP contribution in [0, 0.1) is 32.8 Å². The van der Waals surface area contributed by atoms with Crippen LogP contribution in [0.1, 0.15) is 56.3 Å². The van der Waals surface area contributed by atoms with E-state index >= 15 is 0 Å². The minimum absolute atomic E-state index is 0.0528. The summed E-state index contributed by atoms with van der Waals surface area (Å²) >= 11 is 0. The average Bonchev–Trinajstić information content (AvgIpc) is 2.73. The number of allylic oxidation sites excluding steroid dienone is 1. The second kappa shape index (κ2) is 8.47. The molecule has 2 aliphatic rings. The molecule has 2 fully saturated rings. The third kappa shape index (κ3) is 3.88. The monoisotopic (exact) mass is 417 g/mol. The number of nitrogens with zero attached hydrogens (tertiary/aromatic N) is 1. The van der Waals surface area contributed by atoms with Crippen LogP contribution < -0.4 is 0 Å². The number of aliphatic hydroxyl groups excluding tert-OH is 2. The first kappa shape index (κ1) is 22.4. The highest BCUT2D eigenvalue weighted by atomic mass is 16.6. The van der Waals surface area contributed by atoms with Crippen molar-refractivity contribution in [3.63, 3.8) is 0 Å². The Kier molecular flexibility index (Phi) is 6.34. The van der Waals surface area contributed by atoms with Crippen LogP contribution in [-0.4, -0.2) is 40.4 Å². The first-order valence-electron chi connectivity index (χ1n) is 10.5. The molecule has 1 unspecified atom stereocenters. The number of non-ortho nitro benzene ring substituents is 1. The van der Waals surface area contributed by atoms with Crippen molar-refractivity contribution < 1.29 is 24.7 Å². The van der Waals surface area contributed by atoms with E-state index in [1.165, 1.54) is 24.3 Å². The Morgan fingerprint density at radius 3 is 2.57 bits per heavy atom. The molecule has 0 aliphatic heterocycles. The van der Waals surface area contributed by atoms with E-state index < -0.39 is 22.4 Å². The Morgan fingerprint density at radius 1 is 1.30 bits per heavy atom. The predicted molar refractivity (Wildman–Crippen MR) is 112 cm³/mol. The first-order valence-corrected chi connectivity index (χ1v) is 10.5. The van der Waals surface area contributed by atoms with Gasteiger partial charge in [0.25, 0.3) is 5.69 Å². The molecule has 0 saturated heterocycles. The molecule has 3 rings (SSSR count). The quantitative estimate of drug-likeness (QED) is 0.315. The molecule has 0 radical (unpaired) electrons. The highest BCUT2D eigenvalue weighted by molar-refractivity contribution is 5.89. The van der Waals surface area contributed by atoms with E-state index in [-0.39, 0.29) is 41.7 Å². The Hall–Kier alpha value is -2.25. The SMILES string of the molecule is C=C1CCC2[C@](C)(CO)[C@H](O)CC[C@@]2(C)[C@@H]1CCOC(=O)c1ccc([N+](=O)[O-])cc1. The fraction of sp³-hybridized carbons (Fsp3) is 0.609. The van der Waals surface area contributed by atoms with Crippen molar-refractivity contribution in [2.24, 2.45) is 22.7 Å². The molecule has 1 aromatic carbocycles. The minimum atomic E-state index is -0.540. The molecule has 2 N–H and O–H groups in total. The molecule has 0 bridgehead atoms. The van der Waals surface area contributed by atoms with Crippen molar-refractivity contribution in [3.8, 4) is 0 Å². The standard InChI is InChI=1S/C23H31NO6/c1-15-4-9-19-22(2,12-10-20(26)23(19,3)14-25)18(15)11-13-30-21(27)16-5-7-17(8-6-16)24(28)29/h5-8,18-20,25-26H,1,4,9-14H2,2-3H3/t18-,19?,20-,22+,23+/m1/s1. The van der Waals surface area contributed by atoms with Gasteiger partial charge in [-0.15, -0.1) is 0 Å². The van der Waals surface area contributed by atoms with Gasteiger partial charge < -0.3 is 14.9 Å². The second-order valence-electron chi connectivity index (χ2n) is 9.25. The van der Waals surface area contributed by atoms with Crippen LogP contribution in [0.2, 0.25) is 0 Å². The summed E-state index contributed by atoms with van der Waals surface area (Å²) in [4.78, 5) is 22.6. The van der Waals surface area contributed by atoms with E-state index in [0.29, 0.717) is 12.8 Å². The predicted octanol–water partition coefficient (Wildman–Crippen LogP) is 3.88. The summed E-state index contributed by atoms with van der Waals surface area (Å²) in [6.45, 7) is 8.63. The number of carbonyl (C=O) groups excluding carboxylic acids is 1. The number of benzene rings is 1. The molecule has 5 atom stereocenters. The molecular weight excluding hydrogens is 386 g/mol. The maximum absolute atomic E-state index is 12.3. The number of carbonyl (C=O) groups is 1. The molecule has 30 heavy (non-hydrogen) atoms. The van der Waals surface area contributed by atoms with Crippen LogP contribution in [0.15, 0.2) is 36.4 Å². The van der Waals surface area contributed by atoms with Gasteiger partial charge in [-0.1, -0.05) is 26.0 Å². The van der Waals surface area contributed by atoms with Crippen molar-refractivity contribution in [1.29, 1.82) is 0 Å². The average molecular weight is 418 g/mol. The number of esters is 1. The number of ether oxygens (including phenoxy) is 1. The molecule has 0 amide bonds. The first-order chi connectivity index (χ1) is 14.1. The zero-order valence-electron chi connectivity index (χ0n) is 17.7. The van der Waals surface area contributed by atoms with E-state index in [1.807, 2.05) is 6.92 Å². The summed E-state index contributed by atoms with van der Waals surface area (Å²) in [7, 11) is 0. The molecule has 2 aliphatic carbocycles. The van der Waals surface area contributed by atoms with E-state index in [1.54, 1.807) is 0 Å². The zero-order chi connectivity index (χ0) is 22.1. The summed E-state index contributed by atoms with van der Waals surface area (Å²) in [5, 5.41) is 31.4. The lowest BCUT2D eigenvalue weighted by Gasteiger charge is -2.60. The van der Waals surface area contributed by atoms with Gasteiger partial charge in [-0.25, -0.2) is 4.79 Å². The lowest BCUT2D eigenvalue weighted by Crippen LogP contribution is -2.57. The molecule has 1 aromatic rings. The van der Waals surface area contributed by atoms with Gasteiger partial charge in [0.2, 0.25) is 0 Å². The van der Waals surface area contributed by atoms with Crippen LogP contribution in [0.4, 0.5) is 5.69 Å². The Bertz CT molecular complexity index is 821. The number of hydrogen-bond acceptors (Lipinski definition) is 6. The summed E-state index contributed by atoms with van der Waals surface area (Å²) in [5.41, 5.74) is 0.681. The molecule has 0 heterocycles. The van der Waals surface area contributed by atoms with Crippen LogP contribution in [-0.2, 0) is 4.74 Å². The fourth-order valence-electron chi connectivity index (χ4n) is 5.81. The largest absolute Gasteiger partial charge is 0.462 e. The van der Waals surface area contributed by atoms with E-state index in [4.69, 9.17) is 4.74 Å². The number of fused-ring (bicyclic) bond motifs is 1. The molecule has 164 valence electrons. The maximum atomic E-state index is 12.3. The Morgan fingerprint density at radius 2 is 1.97 bits per heavy atom. The number of aliphatic hydroxyl groups is 2. The third-order valence-electron chi connectivity index (χ3n) is 7.65. The summed E-state index contributed by atoms with van der Waals surface area (Å²) in [6, 6.07) is 5.36. The molecular formula is C23H31NO6. The second-order valence-corrected chi connectivity index (χ2v) is 9.25. The Labute approximate surface area is 176 Å². The zero-order valence-corrected chi connectivity index (χ0v) is 17.7. The molecule has 0 aromatic heterocycles. The van der Waals surface area contributed by atoms with Crippen LogP contribution in [0.3, 0.4) is 0 Å². The van der Waals surface area contributed by atoms with Gasteiger partial charge in [0.05, 0.1) is 29.8 Å². The van der Waals surface area contributed by atoms with Crippen LogP contribution >= 0.6 is 0 Å². The van der Waals surface area contributed by atoms with Crippen molar-refractivity contribution >= 4 is 11.7 Å². The van der Waals surface area contributed by atoms with Crippen molar-refractivity contribution in [2.75, 3.05) is 13.2 Å². The van der Waals surface area contributed by atoms with Gasteiger partial charge in [0.1, 0.15) is 0 Å². The summed E-state index contributed by atoms with van der Waals surface area (Å²) in [5.74, 6) is -0.203. The van der Waals surface area contributed by atoms with E-state index in [2.05, 4.69) is 13.5 Å². The highest BCUT2D eigenvalue weighted by Crippen LogP contribution is 2.61. The molecule has 7 nitrogen and oxygen atoms in total. The lowest BCUT2D eigenvalue weighted by atomic mass is 9.46. The van der Waals surface area contributed by atoms with Crippen LogP contribution in [0.25, 0.3) is 0 Å². The minimum Gasteiger partial charge on any atom is -0.462 e. The topological polar surface area (TPSA) is 110 Å². The van der Waals surface area contributed by atoms with Gasteiger partial charge in [-0.2, -0.15) is 0 Å². The highest BCUT2D eigenvalue weighted by Gasteiger charge is 2.57. The number of nitro groups is 1. The van der Waals surface area contributed by atoms with Crippen LogP contribution in [0.5, 0.6) is 0 Å². The normalized spacial score (nSPS) is 33.6. The van der Waals surface area contributed by atoms with Crippen molar-refractivity contribution in [1.82, 2.24) is 0 Å². The van der Waals surface area contributed by atoms with E-state index in [9.17, 15) is 25.1 Å². The van der Waals surface area contributed by atoms with Crippen molar-refractivity contribution in [3.05, 3.63) is 52.1 Å². The molecule has 0 spiro atoms. The van der Waals surface area contributed by atoms with Crippen molar-refractivity contribution in [2.45, 2.75) is 52.1 Å². The maximum Gasteiger partial charge on any atom is 0.338 e. The number of nitro benzene ring substituents is 1. The fourth-order valence-corrected chi connectivity index (χ4v) is 5.81. The molecule has 7 heteroatoms. The van der Waals surface area contributed by atoms with Gasteiger partial charge in [0, 0.05) is 17.5 Å². The van der Waals surface area contributed by atoms with E-state index in [0.717, 1.165) is 24.8 Å².